The Balaban J connectivity index is 1.69. The lowest BCUT2D eigenvalue weighted by Crippen LogP contribution is -2.38. The molecule has 3 aromatic rings. The molecule has 0 saturated heterocycles. The summed E-state index contributed by atoms with van der Waals surface area (Å²) in [4.78, 5) is 19.4. The summed E-state index contributed by atoms with van der Waals surface area (Å²) in [7, 11) is 0. The highest BCUT2D eigenvalue weighted by Gasteiger charge is 2.30. The van der Waals surface area contributed by atoms with Gasteiger partial charge in [0, 0.05) is 11.7 Å². The van der Waals surface area contributed by atoms with Gasteiger partial charge in [-0.15, -0.1) is 0 Å². The van der Waals surface area contributed by atoms with E-state index < -0.39 is 0 Å². The smallest absolute Gasteiger partial charge is 0.247 e. The molecule has 1 aliphatic heterocycles. The Bertz CT molecular complexity index is 897. The van der Waals surface area contributed by atoms with Crippen LogP contribution < -0.4 is 4.90 Å². The molecule has 4 rings (SSSR count). The number of nitrogens with zero attached hydrogens (tertiary/aromatic N) is 3. The van der Waals surface area contributed by atoms with Crippen molar-refractivity contribution in [2.75, 3.05) is 4.90 Å². The molecule has 1 amide bonds. The Morgan fingerprint density at radius 1 is 1.17 bits per heavy atom. The number of rotatable bonds is 2. The lowest BCUT2D eigenvalue weighted by Gasteiger charge is -2.23. The van der Waals surface area contributed by atoms with E-state index in [-0.39, 0.29) is 11.9 Å². The van der Waals surface area contributed by atoms with E-state index in [0.29, 0.717) is 6.54 Å². The number of carbonyl (C=O) groups excluding carboxylic acids is 1. The standard InChI is InChI=1S/C19H19N3O/c1-13-11-15-7-3-5-9-17(15)22(13)19(23)12-21-14(2)20-16-8-4-6-10-18(16)21/h3-10,13H,11-12H2,1-2H3. The highest BCUT2D eigenvalue weighted by atomic mass is 16.2. The summed E-state index contributed by atoms with van der Waals surface area (Å²) in [5.41, 5.74) is 4.25. The SMILES string of the molecule is Cc1nc2ccccc2n1CC(=O)N1c2ccccc2CC1C. The van der Waals surface area contributed by atoms with Crippen LogP contribution in [0.2, 0.25) is 0 Å². The van der Waals surface area contributed by atoms with Crippen LogP contribution in [0.1, 0.15) is 18.3 Å². The maximum absolute atomic E-state index is 13.0. The van der Waals surface area contributed by atoms with Crippen molar-refractivity contribution in [3.05, 3.63) is 59.9 Å². The van der Waals surface area contributed by atoms with E-state index in [2.05, 4.69) is 18.0 Å². The quantitative estimate of drug-likeness (QED) is 0.728. The molecule has 1 atom stereocenters. The minimum atomic E-state index is 0.119. The van der Waals surface area contributed by atoms with Gasteiger partial charge in [-0.1, -0.05) is 30.3 Å². The molecule has 0 spiro atoms. The van der Waals surface area contributed by atoms with Crippen molar-refractivity contribution in [1.82, 2.24) is 9.55 Å². The fourth-order valence-electron chi connectivity index (χ4n) is 3.55. The Morgan fingerprint density at radius 2 is 1.91 bits per heavy atom. The largest absolute Gasteiger partial charge is 0.319 e. The summed E-state index contributed by atoms with van der Waals surface area (Å²) >= 11 is 0. The molecule has 2 aromatic carbocycles. The molecule has 4 heteroatoms. The first-order chi connectivity index (χ1) is 11.1. The Labute approximate surface area is 135 Å². The summed E-state index contributed by atoms with van der Waals surface area (Å²) in [5, 5.41) is 0. The number of anilines is 1. The number of fused-ring (bicyclic) bond motifs is 2. The van der Waals surface area contributed by atoms with Crippen molar-refractivity contribution in [2.45, 2.75) is 32.9 Å². The number of hydrogen-bond donors (Lipinski definition) is 0. The van der Waals surface area contributed by atoms with Gasteiger partial charge in [0.25, 0.3) is 0 Å². The second kappa shape index (κ2) is 5.23. The van der Waals surface area contributed by atoms with Crippen molar-refractivity contribution in [2.24, 2.45) is 0 Å². The van der Waals surface area contributed by atoms with Crippen LogP contribution in [0, 0.1) is 6.92 Å². The highest BCUT2D eigenvalue weighted by Crippen LogP contribution is 2.32. The molecule has 1 aromatic heterocycles. The van der Waals surface area contributed by atoms with E-state index >= 15 is 0 Å². The van der Waals surface area contributed by atoms with E-state index in [1.807, 2.05) is 58.9 Å². The zero-order valence-corrected chi connectivity index (χ0v) is 13.4. The predicted molar refractivity (Wildman–Crippen MR) is 91.6 cm³/mol. The second-order valence-electron chi connectivity index (χ2n) is 6.18. The molecule has 1 unspecified atom stereocenters. The molecule has 23 heavy (non-hydrogen) atoms. The van der Waals surface area contributed by atoms with Gasteiger partial charge in [0.05, 0.1) is 11.0 Å². The molecule has 0 bridgehead atoms. The minimum Gasteiger partial charge on any atom is -0.319 e. The van der Waals surface area contributed by atoms with Crippen molar-refractivity contribution < 1.29 is 4.79 Å². The number of imidazole rings is 1. The van der Waals surface area contributed by atoms with Gasteiger partial charge in [-0.05, 0) is 44.0 Å². The van der Waals surface area contributed by atoms with Crippen LogP contribution in [0.3, 0.4) is 0 Å². The van der Waals surface area contributed by atoms with E-state index in [4.69, 9.17) is 0 Å². The first-order valence-corrected chi connectivity index (χ1v) is 7.97. The topological polar surface area (TPSA) is 38.1 Å². The third-order valence-corrected chi connectivity index (χ3v) is 4.61. The molecule has 4 nitrogen and oxygen atoms in total. The zero-order valence-electron chi connectivity index (χ0n) is 13.4. The second-order valence-corrected chi connectivity index (χ2v) is 6.18. The number of amides is 1. The van der Waals surface area contributed by atoms with Crippen molar-refractivity contribution in [1.29, 1.82) is 0 Å². The van der Waals surface area contributed by atoms with Gasteiger partial charge in [0.2, 0.25) is 5.91 Å². The van der Waals surface area contributed by atoms with E-state index in [1.165, 1.54) is 5.56 Å². The molecule has 0 fully saturated rings. The Morgan fingerprint density at radius 3 is 2.78 bits per heavy atom. The molecular formula is C19H19N3O. The van der Waals surface area contributed by atoms with E-state index in [9.17, 15) is 4.79 Å². The molecular weight excluding hydrogens is 286 g/mol. The van der Waals surface area contributed by atoms with Crippen molar-refractivity contribution >= 4 is 22.6 Å². The fourth-order valence-corrected chi connectivity index (χ4v) is 3.55. The number of aryl methyl sites for hydroxylation is 1. The van der Waals surface area contributed by atoms with Crippen LogP contribution in [0.5, 0.6) is 0 Å². The lowest BCUT2D eigenvalue weighted by molar-refractivity contribution is -0.119. The Kier molecular flexibility index (Phi) is 3.18. The normalized spacial score (nSPS) is 16.8. The molecule has 0 radical (unpaired) electrons. The molecule has 2 heterocycles. The average molecular weight is 305 g/mol. The van der Waals surface area contributed by atoms with E-state index in [1.54, 1.807) is 0 Å². The van der Waals surface area contributed by atoms with Gasteiger partial charge < -0.3 is 9.47 Å². The van der Waals surface area contributed by atoms with Crippen molar-refractivity contribution in [3.8, 4) is 0 Å². The van der Waals surface area contributed by atoms with Crippen LogP contribution in [0.25, 0.3) is 11.0 Å². The molecule has 0 saturated carbocycles. The summed E-state index contributed by atoms with van der Waals surface area (Å²) in [6, 6.07) is 16.3. The van der Waals surface area contributed by atoms with E-state index in [0.717, 1.165) is 29.0 Å². The summed E-state index contributed by atoms with van der Waals surface area (Å²) in [6.45, 7) is 4.39. The number of carbonyl (C=O) groups is 1. The molecule has 0 aliphatic carbocycles. The van der Waals surface area contributed by atoms with Gasteiger partial charge in [-0.2, -0.15) is 0 Å². The van der Waals surface area contributed by atoms with Crippen LogP contribution in [-0.4, -0.2) is 21.5 Å². The van der Waals surface area contributed by atoms with Gasteiger partial charge in [-0.25, -0.2) is 4.98 Å². The van der Waals surface area contributed by atoms with Gasteiger partial charge in [-0.3, -0.25) is 4.79 Å². The minimum absolute atomic E-state index is 0.119. The summed E-state index contributed by atoms with van der Waals surface area (Å²) in [6.07, 6.45) is 0.922. The first-order valence-electron chi connectivity index (χ1n) is 7.97. The first kappa shape index (κ1) is 14.0. The fraction of sp³-hybridized carbons (Fsp3) is 0.263. The van der Waals surface area contributed by atoms with Crippen LogP contribution >= 0.6 is 0 Å². The number of aromatic nitrogens is 2. The number of hydrogen-bond acceptors (Lipinski definition) is 2. The van der Waals surface area contributed by atoms with Crippen molar-refractivity contribution in [3.63, 3.8) is 0 Å². The van der Waals surface area contributed by atoms with Crippen LogP contribution in [0.4, 0.5) is 5.69 Å². The summed E-state index contributed by atoms with van der Waals surface area (Å²) < 4.78 is 2.01. The number of benzene rings is 2. The molecule has 116 valence electrons. The van der Waals surface area contributed by atoms with Gasteiger partial charge in [0.1, 0.15) is 12.4 Å². The average Bonchev–Trinajstić information content (AvgIpc) is 3.04. The monoisotopic (exact) mass is 305 g/mol. The summed E-state index contributed by atoms with van der Waals surface area (Å²) in [5.74, 6) is 0.994. The third-order valence-electron chi connectivity index (χ3n) is 4.61. The maximum atomic E-state index is 13.0. The Hall–Kier alpha value is -2.62. The van der Waals surface area contributed by atoms with Gasteiger partial charge >= 0.3 is 0 Å². The zero-order chi connectivity index (χ0) is 16.0. The third kappa shape index (κ3) is 2.22. The lowest BCUT2D eigenvalue weighted by atomic mass is 10.1. The highest BCUT2D eigenvalue weighted by molar-refractivity contribution is 5.96. The maximum Gasteiger partial charge on any atom is 0.247 e. The van der Waals surface area contributed by atoms with Gasteiger partial charge in [0.15, 0.2) is 0 Å². The molecule has 0 N–H and O–H groups in total. The van der Waals surface area contributed by atoms with Crippen LogP contribution in [0.15, 0.2) is 48.5 Å². The van der Waals surface area contributed by atoms with Crippen LogP contribution in [-0.2, 0) is 17.8 Å². The predicted octanol–water partition coefficient (Wildman–Crippen LogP) is 3.32. The molecule has 1 aliphatic rings. The number of para-hydroxylation sites is 3.